The Morgan fingerprint density at radius 2 is 2.05 bits per heavy atom. The molecule has 0 saturated heterocycles. The number of carboxylic acids is 1. The normalized spacial score (nSPS) is 23.9. The first-order valence-electron chi connectivity index (χ1n) is 6.32. The summed E-state index contributed by atoms with van der Waals surface area (Å²) >= 11 is 0.882. The molecule has 0 spiro atoms. The highest BCUT2D eigenvalue weighted by atomic mass is 32.2. The third-order valence-corrected chi connectivity index (χ3v) is 6.55. The van der Waals surface area contributed by atoms with Gasteiger partial charge in [0.15, 0.2) is 0 Å². The minimum atomic E-state index is -3.76. The number of aliphatic hydroxyl groups is 1. The van der Waals surface area contributed by atoms with Gasteiger partial charge in [-0.1, -0.05) is 12.8 Å². The Hall–Kier alpha value is -0.960. The predicted octanol–water partition coefficient (Wildman–Crippen LogP) is 1.37. The van der Waals surface area contributed by atoms with Gasteiger partial charge in [0, 0.05) is 12.4 Å². The molecule has 0 bridgehead atoms. The van der Waals surface area contributed by atoms with Crippen molar-refractivity contribution in [1.29, 1.82) is 0 Å². The van der Waals surface area contributed by atoms with E-state index in [1.54, 1.807) is 0 Å². The lowest BCUT2D eigenvalue weighted by Crippen LogP contribution is -2.46. The van der Waals surface area contributed by atoms with Crippen LogP contribution in [0.15, 0.2) is 16.3 Å². The number of aliphatic hydroxyl groups excluding tert-OH is 1. The standard InChI is InChI=1S/C12H17NO5S2/c1-13(9-4-2-3-5-10(9)14)20(17,18)8-6-11(12(15)16)19-7-8/h6-7,9-10,14H,2-5H2,1H3,(H,15,16). The van der Waals surface area contributed by atoms with Crippen LogP contribution in [0.4, 0.5) is 0 Å². The van der Waals surface area contributed by atoms with Crippen molar-refractivity contribution in [2.24, 2.45) is 0 Å². The van der Waals surface area contributed by atoms with Crippen LogP contribution in [0.2, 0.25) is 0 Å². The van der Waals surface area contributed by atoms with Gasteiger partial charge in [-0.15, -0.1) is 11.3 Å². The van der Waals surface area contributed by atoms with Gasteiger partial charge in [-0.3, -0.25) is 0 Å². The fourth-order valence-electron chi connectivity index (χ4n) is 2.43. The lowest BCUT2D eigenvalue weighted by atomic mass is 9.93. The van der Waals surface area contributed by atoms with Gasteiger partial charge in [0.2, 0.25) is 10.0 Å². The summed E-state index contributed by atoms with van der Waals surface area (Å²) in [6, 6.07) is 0.718. The largest absolute Gasteiger partial charge is 0.477 e. The first-order valence-corrected chi connectivity index (χ1v) is 8.64. The van der Waals surface area contributed by atoms with Gasteiger partial charge in [-0.25, -0.2) is 13.2 Å². The summed E-state index contributed by atoms with van der Waals surface area (Å²) in [4.78, 5) is 10.8. The van der Waals surface area contributed by atoms with E-state index in [0.29, 0.717) is 12.8 Å². The number of nitrogens with zero attached hydrogens (tertiary/aromatic N) is 1. The molecule has 112 valence electrons. The average Bonchev–Trinajstić information content (AvgIpc) is 2.89. The molecular formula is C12H17NO5S2. The Bertz CT molecular complexity index is 595. The van der Waals surface area contributed by atoms with E-state index in [1.807, 2.05) is 0 Å². The van der Waals surface area contributed by atoms with Crippen molar-refractivity contribution in [2.45, 2.75) is 42.7 Å². The van der Waals surface area contributed by atoms with Gasteiger partial charge in [0.25, 0.3) is 0 Å². The number of carboxylic acid groups (broad SMARTS) is 1. The van der Waals surface area contributed by atoms with E-state index in [2.05, 4.69) is 0 Å². The quantitative estimate of drug-likeness (QED) is 0.874. The number of aromatic carboxylic acids is 1. The fraction of sp³-hybridized carbons (Fsp3) is 0.583. The van der Waals surface area contributed by atoms with E-state index in [1.165, 1.54) is 16.7 Å². The van der Waals surface area contributed by atoms with Gasteiger partial charge in [0.05, 0.1) is 17.0 Å². The molecule has 1 aliphatic rings. The molecule has 1 saturated carbocycles. The van der Waals surface area contributed by atoms with Gasteiger partial charge in [0.1, 0.15) is 4.88 Å². The van der Waals surface area contributed by atoms with Crippen LogP contribution in [-0.4, -0.2) is 48.1 Å². The summed E-state index contributed by atoms with van der Waals surface area (Å²) < 4.78 is 26.1. The summed E-state index contributed by atoms with van der Waals surface area (Å²) in [6.45, 7) is 0. The van der Waals surface area contributed by atoms with E-state index in [0.717, 1.165) is 30.2 Å². The van der Waals surface area contributed by atoms with Crippen molar-refractivity contribution in [3.63, 3.8) is 0 Å². The smallest absolute Gasteiger partial charge is 0.345 e. The Labute approximate surface area is 121 Å². The third kappa shape index (κ3) is 2.88. The number of carbonyl (C=O) groups is 1. The molecule has 1 aromatic rings. The number of sulfonamides is 1. The number of rotatable bonds is 4. The molecule has 0 aliphatic heterocycles. The van der Waals surface area contributed by atoms with Crippen LogP contribution >= 0.6 is 11.3 Å². The summed E-state index contributed by atoms with van der Waals surface area (Å²) in [5.74, 6) is -1.14. The highest BCUT2D eigenvalue weighted by Crippen LogP contribution is 2.28. The maximum Gasteiger partial charge on any atom is 0.345 e. The second-order valence-corrected chi connectivity index (χ2v) is 7.80. The number of hydrogen-bond acceptors (Lipinski definition) is 5. The van der Waals surface area contributed by atoms with Crippen LogP contribution in [0.3, 0.4) is 0 Å². The van der Waals surface area contributed by atoms with Gasteiger partial charge in [-0.05, 0) is 18.9 Å². The maximum absolute atomic E-state index is 12.4. The first kappa shape index (κ1) is 15.4. The molecule has 8 heteroatoms. The molecule has 1 aromatic heterocycles. The van der Waals surface area contributed by atoms with Gasteiger partial charge in [-0.2, -0.15) is 4.31 Å². The molecule has 6 nitrogen and oxygen atoms in total. The molecule has 2 unspecified atom stereocenters. The molecular weight excluding hydrogens is 302 g/mol. The highest BCUT2D eigenvalue weighted by Gasteiger charge is 2.34. The minimum absolute atomic E-state index is 0.0128. The van der Waals surface area contributed by atoms with Crippen LogP contribution in [0.5, 0.6) is 0 Å². The summed E-state index contributed by atoms with van der Waals surface area (Å²) in [5, 5.41) is 20.1. The molecule has 0 aromatic carbocycles. The monoisotopic (exact) mass is 319 g/mol. The average molecular weight is 319 g/mol. The molecule has 2 N–H and O–H groups in total. The zero-order valence-electron chi connectivity index (χ0n) is 11.0. The fourth-order valence-corrected chi connectivity index (χ4v) is 4.94. The molecule has 20 heavy (non-hydrogen) atoms. The SMILES string of the molecule is CN(C1CCCCC1O)S(=O)(=O)c1csc(C(=O)O)c1. The van der Waals surface area contributed by atoms with Crippen LogP contribution in [0.25, 0.3) is 0 Å². The van der Waals surface area contributed by atoms with Gasteiger partial charge < -0.3 is 10.2 Å². The minimum Gasteiger partial charge on any atom is -0.477 e. The lowest BCUT2D eigenvalue weighted by molar-refractivity contribution is 0.0637. The summed E-state index contributed by atoms with van der Waals surface area (Å²) in [6.07, 6.45) is 2.32. The number of likely N-dealkylation sites (N-methyl/N-ethyl adjacent to an activating group) is 1. The molecule has 0 amide bonds. The van der Waals surface area contributed by atoms with E-state index in [-0.39, 0.29) is 9.77 Å². The maximum atomic E-state index is 12.4. The lowest BCUT2D eigenvalue weighted by Gasteiger charge is -2.34. The van der Waals surface area contributed by atoms with E-state index in [9.17, 15) is 18.3 Å². The Morgan fingerprint density at radius 1 is 1.40 bits per heavy atom. The third-order valence-electron chi connectivity index (χ3n) is 3.62. The Balaban J connectivity index is 2.26. The Morgan fingerprint density at radius 3 is 2.60 bits per heavy atom. The molecule has 0 radical (unpaired) electrons. The molecule has 1 heterocycles. The number of thiophene rings is 1. The van der Waals surface area contributed by atoms with Gasteiger partial charge >= 0.3 is 5.97 Å². The number of hydrogen-bond donors (Lipinski definition) is 2. The summed E-state index contributed by atoms with van der Waals surface area (Å²) in [5.41, 5.74) is 0. The van der Waals surface area contributed by atoms with Crippen LogP contribution in [0.1, 0.15) is 35.4 Å². The first-order chi connectivity index (χ1) is 9.34. The molecule has 2 atom stereocenters. The van der Waals surface area contributed by atoms with Crippen LogP contribution < -0.4 is 0 Å². The molecule has 1 aliphatic carbocycles. The van der Waals surface area contributed by atoms with Crippen LogP contribution in [0, 0.1) is 0 Å². The van der Waals surface area contributed by atoms with Crippen molar-refractivity contribution in [2.75, 3.05) is 7.05 Å². The van der Waals surface area contributed by atoms with Crippen molar-refractivity contribution < 1.29 is 23.4 Å². The van der Waals surface area contributed by atoms with Crippen molar-refractivity contribution in [1.82, 2.24) is 4.31 Å². The second kappa shape index (κ2) is 5.80. The van der Waals surface area contributed by atoms with E-state index >= 15 is 0 Å². The zero-order valence-corrected chi connectivity index (χ0v) is 12.7. The van der Waals surface area contributed by atoms with Crippen molar-refractivity contribution >= 4 is 27.3 Å². The molecule has 1 fully saturated rings. The van der Waals surface area contributed by atoms with Crippen molar-refractivity contribution in [3.05, 3.63) is 16.3 Å². The highest BCUT2D eigenvalue weighted by molar-refractivity contribution is 7.89. The Kier molecular flexibility index (Phi) is 4.48. The topological polar surface area (TPSA) is 94.9 Å². The molecule has 2 rings (SSSR count). The van der Waals surface area contributed by atoms with Crippen LogP contribution in [-0.2, 0) is 10.0 Å². The van der Waals surface area contributed by atoms with E-state index < -0.39 is 28.1 Å². The predicted molar refractivity (Wildman–Crippen MR) is 74.5 cm³/mol. The summed E-state index contributed by atoms with van der Waals surface area (Å²) in [7, 11) is -2.33. The zero-order chi connectivity index (χ0) is 14.9. The van der Waals surface area contributed by atoms with Crippen molar-refractivity contribution in [3.8, 4) is 0 Å². The van der Waals surface area contributed by atoms with E-state index in [4.69, 9.17) is 5.11 Å². The second-order valence-electron chi connectivity index (χ2n) is 4.89.